The third kappa shape index (κ3) is 4.14. The number of hydrogen-bond donors (Lipinski definition) is 2. The van der Waals surface area contributed by atoms with Crippen LogP contribution in [0.2, 0.25) is 0 Å². The molecule has 0 aliphatic heterocycles. The first-order valence-electron chi connectivity index (χ1n) is 7.88. The molecule has 0 unspecified atom stereocenters. The van der Waals surface area contributed by atoms with Gasteiger partial charge in [-0.1, -0.05) is 12.1 Å². The van der Waals surface area contributed by atoms with Crippen molar-refractivity contribution in [1.82, 2.24) is 15.0 Å². The number of anilines is 4. The van der Waals surface area contributed by atoms with Gasteiger partial charge in [-0.25, -0.2) is 15.0 Å². The van der Waals surface area contributed by atoms with Gasteiger partial charge in [-0.3, -0.25) is 10.1 Å². The fourth-order valence-corrected chi connectivity index (χ4v) is 2.37. The van der Waals surface area contributed by atoms with E-state index in [-0.39, 0.29) is 17.3 Å². The number of halogens is 3. The molecule has 0 atom stereocenters. The van der Waals surface area contributed by atoms with Crippen molar-refractivity contribution in [3.05, 3.63) is 70.2 Å². The van der Waals surface area contributed by atoms with Crippen molar-refractivity contribution in [2.75, 3.05) is 10.6 Å². The Morgan fingerprint density at radius 3 is 2.36 bits per heavy atom. The van der Waals surface area contributed by atoms with Gasteiger partial charge in [0.1, 0.15) is 12.1 Å². The number of nitrogens with one attached hydrogen (secondary N) is 2. The van der Waals surface area contributed by atoms with E-state index in [1.54, 1.807) is 19.1 Å². The minimum absolute atomic E-state index is 0.00316. The maximum atomic E-state index is 12.9. The second kappa shape index (κ2) is 7.47. The Balaban J connectivity index is 1.98. The molecule has 0 saturated carbocycles. The molecule has 3 aromatic rings. The molecule has 0 radical (unpaired) electrons. The van der Waals surface area contributed by atoms with Crippen LogP contribution in [-0.4, -0.2) is 19.9 Å². The van der Waals surface area contributed by atoms with E-state index in [1.165, 1.54) is 18.3 Å². The van der Waals surface area contributed by atoms with E-state index in [4.69, 9.17) is 0 Å². The summed E-state index contributed by atoms with van der Waals surface area (Å²) >= 11 is 0. The highest BCUT2D eigenvalue weighted by Crippen LogP contribution is 2.35. The van der Waals surface area contributed by atoms with Crippen molar-refractivity contribution in [1.29, 1.82) is 0 Å². The predicted octanol–water partition coefficient (Wildman–Crippen LogP) is 4.59. The van der Waals surface area contributed by atoms with Crippen LogP contribution in [-0.2, 0) is 6.18 Å². The first-order valence-corrected chi connectivity index (χ1v) is 7.88. The van der Waals surface area contributed by atoms with Gasteiger partial charge in [0.2, 0.25) is 11.6 Å². The van der Waals surface area contributed by atoms with Crippen LogP contribution < -0.4 is 10.6 Å². The fourth-order valence-electron chi connectivity index (χ4n) is 2.37. The lowest BCUT2D eigenvalue weighted by Gasteiger charge is -2.12. The summed E-state index contributed by atoms with van der Waals surface area (Å²) < 4.78 is 38.6. The van der Waals surface area contributed by atoms with E-state index < -0.39 is 22.4 Å². The molecule has 0 fully saturated rings. The highest BCUT2D eigenvalue weighted by Gasteiger charge is 2.31. The van der Waals surface area contributed by atoms with Gasteiger partial charge in [0.05, 0.1) is 10.5 Å². The van der Waals surface area contributed by atoms with Crippen molar-refractivity contribution >= 4 is 28.8 Å². The molecule has 2 heterocycles. The van der Waals surface area contributed by atoms with Gasteiger partial charge in [0.25, 0.3) is 0 Å². The Hall–Kier alpha value is -3.76. The van der Waals surface area contributed by atoms with Crippen LogP contribution in [0.3, 0.4) is 0 Å². The zero-order valence-electron chi connectivity index (χ0n) is 14.4. The smallest absolute Gasteiger partial charge is 0.334 e. The molecule has 0 amide bonds. The zero-order valence-corrected chi connectivity index (χ0v) is 14.4. The number of benzene rings is 1. The van der Waals surface area contributed by atoms with E-state index >= 15 is 0 Å². The summed E-state index contributed by atoms with van der Waals surface area (Å²) in [6, 6.07) is 7.73. The molecule has 0 bridgehead atoms. The molecule has 2 aromatic heterocycles. The molecule has 0 aliphatic rings. The first-order chi connectivity index (χ1) is 13.3. The van der Waals surface area contributed by atoms with E-state index in [0.29, 0.717) is 5.82 Å². The highest BCUT2D eigenvalue weighted by atomic mass is 19.4. The highest BCUT2D eigenvalue weighted by molar-refractivity contribution is 5.76. The quantitative estimate of drug-likeness (QED) is 0.485. The second-order valence-corrected chi connectivity index (χ2v) is 5.67. The normalized spacial score (nSPS) is 11.1. The summed E-state index contributed by atoms with van der Waals surface area (Å²) in [6.45, 7) is 1.75. The topological polar surface area (TPSA) is 106 Å². The second-order valence-electron chi connectivity index (χ2n) is 5.67. The lowest BCUT2D eigenvalue weighted by atomic mass is 10.2. The van der Waals surface area contributed by atoms with Gasteiger partial charge in [-0.2, -0.15) is 13.2 Å². The van der Waals surface area contributed by atoms with Gasteiger partial charge >= 0.3 is 11.9 Å². The van der Waals surface area contributed by atoms with Gasteiger partial charge in [0.15, 0.2) is 0 Å². The molecular formula is C17H13F3N6O2. The lowest BCUT2D eigenvalue weighted by molar-refractivity contribution is -0.383. The van der Waals surface area contributed by atoms with Crippen molar-refractivity contribution in [3.63, 3.8) is 0 Å². The number of hydrogen-bond acceptors (Lipinski definition) is 7. The number of rotatable bonds is 5. The summed E-state index contributed by atoms with van der Waals surface area (Å²) in [7, 11) is 0. The summed E-state index contributed by atoms with van der Waals surface area (Å²) in [5.41, 5.74) is -0.693. The Kier molecular flexibility index (Phi) is 5.07. The molecule has 11 heteroatoms. The van der Waals surface area contributed by atoms with E-state index in [2.05, 4.69) is 25.6 Å². The van der Waals surface area contributed by atoms with Crippen LogP contribution in [0.1, 0.15) is 11.1 Å². The molecule has 2 N–H and O–H groups in total. The summed E-state index contributed by atoms with van der Waals surface area (Å²) in [5, 5.41) is 16.9. The van der Waals surface area contributed by atoms with Crippen LogP contribution in [0, 0.1) is 17.0 Å². The zero-order chi connectivity index (χ0) is 20.3. The standard InChI is InChI=1S/C17H13F3N6O2/c1-10-4-3-7-21-14(10)25-16-13(26(27)28)15(22-9-23-16)24-12-6-2-5-11(8-12)17(18,19)20/h2-9H,1H3,(H2,21,22,23,24,25). The van der Waals surface area contributed by atoms with Crippen LogP contribution in [0.25, 0.3) is 0 Å². The summed E-state index contributed by atoms with van der Waals surface area (Å²) in [4.78, 5) is 22.6. The van der Waals surface area contributed by atoms with Crippen LogP contribution in [0.15, 0.2) is 48.9 Å². The Labute approximate surface area is 156 Å². The molecule has 0 saturated heterocycles. The summed E-state index contributed by atoms with van der Waals surface area (Å²) in [6.07, 6.45) is -1.98. The van der Waals surface area contributed by atoms with Crippen molar-refractivity contribution in [2.24, 2.45) is 0 Å². The number of aromatic nitrogens is 3. The monoisotopic (exact) mass is 390 g/mol. The van der Waals surface area contributed by atoms with Gasteiger partial charge in [-0.15, -0.1) is 0 Å². The van der Waals surface area contributed by atoms with Crippen LogP contribution in [0.4, 0.5) is 42.0 Å². The number of alkyl halides is 3. The Morgan fingerprint density at radius 2 is 1.71 bits per heavy atom. The number of aryl methyl sites for hydroxylation is 1. The van der Waals surface area contributed by atoms with Crippen molar-refractivity contribution in [2.45, 2.75) is 13.1 Å². The third-order valence-corrected chi connectivity index (χ3v) is 3.70. The van der Waals surface area contributed by atoms with E-state index in [9.17, 15) is 23.3 Å². The Morgan fingerprint density at radius 1 is 1.00 bits per heavy atom. The fraction of sp³-hybridized carbons (Fsp3) is 0.118. The van der Waals surface area contributed by atoms with Gasteiger partial charge < -0.3 is 10.6 Å². The maximum absolute atomic E-state index is 12.9. The molecule has 0 spiro atoms. The average molecular weight is 390 g/mol. The van der Waals surface area contributed by atoms with E-state index in [0.717, 1.165) is 24.0 Å². The first kappa shape index (κ1) is 19.0. The largest absolute Gasteiger partial charge is 0.416 e. The number of nitro groups is 1. The lowest BCUT2D eigenvalue weighted by Crippen LogP contribution is -2.08. The molecule has 144 valence electrons. The molecule has 28 heavy (non-hydrogen) atoms. The average Bonchev–Trinajstić information content (AvgIpc) is 2.63. The number of pyridine rings is 1. The minimum Gasteiger partial charge on any atom is -0.334 e. The van der Waals surface area contributed by atoms with Gasteiger partial charge in [-0.05, 0) is 36.8 Å². The van der Waals surface area contributed by atoms with Crippen LogP contribution >= 0.6 is 0 Å². The minimum atomic E-state index is -4.54. The molecule has 1 aromatic carbocycles. The van der Waals surface area contributed by atoms with Crippen molar-refractivity contribution in [3.8, 4) is 0 Å². The molecule has 8 nitrogen and oxygen atoms in total. The third-order valence-electron chi connectivity index (χ3n) is 3.70. The SMILES string of the molecule is Cc1cccnc1Nc1ncnc(Nc2cccc(C(F)(F)F)c2)c1[N+](=O)[O-]. The van der Waals surface area contributed by atoms with Gasteiger partial charge in [0, 0.05) is 11.9 Å². The predicted molar refractivity (Wildman–Crippen MR) is 95.7 cm³/mol. The van der Waals surface area contributed by atoms with E-state index in [1.807, 2.05) is 0 Å². The van der Waals surface area contributed by atoms with Crippen LogP contribution in [0.5, 0.6) is 0 Å². The molecule has 0 aliphatic carbocycles. The van der Waals surface area contributed by atoms with Crippen molar-refractivity contribution < 1.29 is 18.1 Å². The molecule has 3 rings (SSSR count). The Bertz CT molecular complexity index is 1030. The molecular weight excluding hydrogens is 377 g/mol. The maximum Gasteiger partial charge on any atom is 0.416 e. The summed E-state index contributed by atoms with van der Waals surface area (Å²) in [5.74, 6) is -0.0407. The number of nitrogens with zero attached hydrogens (tertiary/aromatic N) is 4.